The molecule has 1 amide bonds. The molecule has 7 nitrogen and oxygen atoms in total. The lowest BCUT2D eigenvalue weighted by molar-refractivity contribution is -0.138. The van der Waals surface area contributed by atoms with Crippen LogP contribution in [0.5, 0.6) is 0 Å². The predicted molar refractivity (Wildman–Crippen MR) is 142 cm³/mol. The van der Waals surface area contributed by atoms with E-state index in [1.807, 2.05) is 6.20 Å². The third kappa shape index (κ3) is 4.38. The van der Waals surface area contributed by atoms with Crippen LogP contribution in [0.2, 0.25) is 0 Å². The topological polar surface area (TPSA) is 58.7 Å². The number of benzene rings is 1. The van der Waals surface area contributed by atoms with Crippen molar-refractivity contribution in [1.29, 1.82) is 0 Å². The molecule has 0 unspecified atom stereocenters. The number of pyridine rings is 1. The van der Waals surface area contributed by atoms with Gasteiger partial charge in [0, 0.05) is 86.9 Å². The summed E-state index contributed by atoms with van der Waals surface area (Å²) in [4.78, 5) is 30.3. The van der Waals surface area contributed by atoms with Gasteiger partial charge in [-0.05, 0) is 49.2 Å². The normalized spacial score (nSPS) is 19.9. The number of anilines is 2. The Balaban J connectivity index is 1.16. The van der Waals surface area contributed by atoms with Crippen molar-refractivity contribution < 1.29 is 4.79 Å². The molecule has 0 spiro atoms. The molecule has 6 rings (SSSR count). The molecule has 3 fully saturated rings. The van der Waals surface area contributed by atoms with E-state index in [1.54, 1.807) is 0 Å². The zero-order valence-corrected chi connectivity index (χ0v) is 20.7. The maximum Gasteiger partial charge on any atom is 0.225 e. The van der Waals surface area contributed by atoms with Crippen molar-refractivity contribution in [2.75, 3.05) is 68.7 Å². The predicted octanol–water partition coefficient (Wildman–Crippen LogP) is 3.82. The number of amides is 1. The maximum atomic E-state index is 12.6. The summed E-state index contributed by atoms with van der Waals surface area (Å²) in [7, 11) is 0. The van der Waals surface area contributed by atoms with E-state index in [0.29, 0.717) is 5.91 Å². The fourth-order valence-corrected chi connectivity index (χ4v) is 5.70. The molecule has 1 aliphatic carbocycles. The average Bonchev–Trinajstić information content (AvgIpc) is 3.33. The fraction of sp³-hybridized carbons (Fsp3) is 0.500. The molecule has 0 bridgehead atoms. The van der Waals surface area contributed by atoms with Crippen LogP contribution in [0.4, 0.5) is 11.4 Å². The van der Waals surface area contributed by atoms with Gasteiger partial charge >= 0.3 is 0 Å². The van der Waals surface area contributed by atoms with Crippen molar-refractivity contribution in [3.63, 3.8) is 0 Å². The summed E-state index contributed by atoms with van der Waals surface area (Å²) in [5, 5.41) is 1.15. The van der Waals surface area contributed by atoms with Gasteiger partial charge in [0.05, 0.1) is 0 Å². The van der Waals surface area contributed by atoms with E-state index in [0.717, 1.165) is 88.5 Å². The highest BCUT2D eigenvalue weighted by molar-refractivity contribution is 5.94. The number of rotatable bonds is 5. The molecule has 3 aromatic rings. The van der Waals surface area contributed by atoms with Crippen LogP contribution in [0.15, 0.2) is 42.6 Å². The van der Waals surface area contributed by atoms with Crippen LogP contribution >= 0.6 is 0 Å². The van der Waals surface area contributed by atoms with Gasteiger partial charge in [0.1, 0.15) is 5.65 Å². The van der Waals surface area contributed by atoms with E-state index in [4.69, 9.17) is 0 Å². The summed E-state index contributed by atoms with van der Waals surface area (Å²) in [5.41, 5.74) is 5.71. The molecule has 4 heterocycles. The maximum absolute atomic E-state index is 12.6. The Kier molecular flexibility index (Phi) is 6.10. The first kappa shape index (κ1) is 22.4. The molecule has 2 aliphatic heterocycles. The summed E-state index contributed by atoms with van der Waals surface area (Å²) in [6, 6.07) is 13.3. The number of aromatic amines is 1. The quantitative estimate of drug-likeness (QED) is 0.612. The molecular weight excluding hydrogens is 436 g/mol. The van der Waals surface area contributed by atoms with Gasteiger partial charge in [-0.15, -0.1) is 0 Å². The van der Waals surface area contributed by atoms with Crippen molar-refractivity contribution in [1.82, 2.24) is 19.8 Å². The Morgan fingerprint density at radius 1 is 0.943 bits per heavy atom. The number of fused-ring (bicyclic) bond motifs is 1. The van der Waals surface area contributed by atoms with Gasteiger partial charge in [-0.3, -0.25) is 4.79 Å². The van der Waals surface area contributed by atoms with Crippen molar-refractivity contribution in [3.8, 4) is 11.3 Å². The molecule has 2 aromatic heterocycles. The number of likely N-dealkylation sites (N-methyl/N-ethyl adjacent to an activating group) is 1. The molecular formula is C28H36N6O. The molecule has 3 aliphatic rings. The molecule has 2 saturated heterocycles. The van der Waals surface area contributed by atoms with Crippen molar-refractivity contribution >= 4 is 28.3 Å². The highest BCUT2D eigenvalue weighted by Crippen LogP contribution is 2.33. The first-order valence-electron chi connectivity index (χ1n) is 13.3. The Hall–Kier alpha value is -3.06. The number of piperazine rings is 2. The summed E-state index contributed by atoms with van der Waals surface area (Å²) < 4.78 is 0. The largest absolute Gasteiger partial charge is 0.369 e. The van der Waals surface area contributed by atoms with Crippen LogP contribution < -0.4 is 9.80 Å². The fourth-order valence-electron chi connectivity index (χ4n) is 5.70. The molecule has 7 heteroatoms. The van der Waals surface area contributed by atoms with Gasteiger partial charge < -0.3 is 24.6 Å². The molecule has 1 aromatic carbocycles. The Labute approximate surface area is 207 Å². The number of nitrogens with one attached hydrogen (secondary N) is 1. The number of hydrogen-bond acceptors (Lipinski definition) is 5. The SMILES string of the molecule is CCN1CCN(c2ccc(-c3cc4c(N5CCN(C(=O)C6CCC6)CC5)ccnc4[nH]3)cc2)CC1. The van der Waals surface area contributed by atoms with Crippen molar-refractivity contribution in [2.24, 2.45) is 5.92 Å². The van der Waals surface area contributed by atoms with Crippen LogP contribution in [0.25, 0.3) is 22.3 Å². The third-order valence-corrected chi connectivity index (χ3v) is 8.26. The lowest BCUT2D eigenvalue weighted by Gasteiger charge is -2.39. The van der Waals surface area contributed by atoms with Gasteiger partial charge in [-0.1, -0.05) is 25.5 Å². The summed E-state index contributed by atoms with van der Waals surface area (Å²) in [6.45, 7) is 11.2. The monoisotopic (exact) mass is 472 g/mol. The smallest absolute Gasteiger partial charge is 0.225 e. The van der Waals surface area contributed by atoms with Crippen molar-refractivity contribution in [2.45, 2.75) is 26.2 Å². The van der Waals surface area contributed by atoms with Gasteiger partial charge in [0.2, 0.25) is 5.91 Å². The second kappa shape index (κ2) is 9.53. The van der Waals surface area contributed by atoms with Crippen LogP contribution in [-0.4, -0.2) is 84.6 Å². The molecule has 0 radical (unpaired) electrons. The van der Waals surface area contributed by atoms with E-state index >= 15 is 0 Å². The molecule has 35 heavy (non-hydrogen) atoms. The minimum absolute atomic E-state index is 0.286. The summed E-state index contributed by atoms with van der Waals surface area (Å²) >= 11 is 0. The Morgan fingerprint density at radius 3 is 2.31 bits per heavy atom. The first-order valence-corrected chi connectivity index (χ1v) is 13.3. The highest BCUT2D eigenvalue weighted by Gasteiger charge is 2.31. The number of nitrogens with zero attached hydrogens (tertiary/aromatic N) is 5. The minimum Gasteiger partial charge on any atom is -0.369 e. The number of carbonyl (C=O) groups is 1. The first-order chi connectivity index (χ1) is 17.2. The minimum atomic E-state index is 0.286. The molecule has 1 saturated carbocycles. The standard InChI is InChI=1S/C28H36N6O/c1-2-31-12-14-32(15-13-31)23-8-6-21(7-9-23)25-20-24-26(10-11-29-27(24)30-25)33-16-18-34(19-17-33)28(35)22-4-3-5-22/h6-11,20,22H,2-5,12-19H2,1H3,(H,29,30). The summed E-state index contributed by atoms with van der Waals surface area (Å²) in [5.74, 6) is 0.657. The molecule has 1 N–H and O–H groups in total. The number of aromatic nitrogens is 2. The van der Waals surface area contributed by atoms with Crippen LogP contribution in [0, 0.1) is 5.92 Å². The molecule has 0 atom stereocenters. The second-order valence-electron chi connectivity index (χ2n) is 10.2. The number of H-pyrrole nitrogens is 1. The number of carbonyl (C=O) groups excluding carboxylic acids is 1. The van der Waals surface area contributed by atoms with Crippen LogP contribution in [0.3, 0.4) is 0 Å². The second-order valence-corrected chi connectivity index (χ2v) is 10.2. The van der Waals surface area contributed by atoms with Gasteiger partial charge in [-0.2, -0.15) is 0 Å². The zero-order valence-electron chi connectivity index (χ0n) is 20.7. The van der Waals surface area contributed by atoms with Crippen LogP contribution in [0.1, 0.15) is 26.2 Å². The van der Waals surface area contributed by atoms with E-state index in [2.05, 4.69) is 72.9 Å². The lowest BCUT2D eigenvalue weighted by atomic mass is 9.84. The van der Waals surface area contributed by atoms with Crippen LogP contribution in [-0.2, 0) is 4.79 Å². The van der Waals surface area contributed by atoms with E-state index in [1.165, 1.54) is 23.4 Å². The highest BCUT2D eigenvalue weighted by atomic mass is 16.2. The van der Waals surface area contributed by atoms with Crippen molar-refractivity contribution in [3.05, 3.63) is 42.6 Å². The Bertz CT molecular complexity index is 1170. The summed E-state index contributed by atoms with van der Waals surface area (Å²) in [6.07, 6.45) is 5.25. The zero-order chi connectivity index (χ0) is 23.8. The van der Waals surface area contributed by atoms with E-state index < -0.39 is 0 Å². The van der Waals surface area contributed by atoms with E-state index in [-0.39, 0.29) is 5.92 Å². The van der Waals surface area contributed by atoms with Gasteiger partial charge in [0.25, 0.3) is 0 Å². The molecule has 184 valence electrons. The van der Waals surface area contributed by atoms with E-state index in [9.17, 15) is 4.79 Å². The lowest BCUT2D eigenvalue weighted by Crippen LogP contribution is -2.51. The average molecular weight is 473 g/mol. The number of hydrogen-bond donors (Lipinski definition) is 1. The Morgan fingerprint density at radius 2 is 1.66 bits per heavy atom. The van der Waals surface area contributed by atoms with Gasteiger partial charge in [-0.25, -0.2) is 4.98 Å². The third-order valence-electron chi connectivity index (χ3n) is 8.26. The van der Waals surface area contributed by atoms with Gasteiger partial charge in [0.15, 0.2) is 0 Å².